The van der Waals surface area contributed by atoms with Gasteiger partial charge in [-0.2, -0.15) is 5.10 Å². The third kappa shape index (κ3) is 4.78. The average molecular weight is 440 g/mol. The fourth-order valence-electron chi connectivity index (χ4n) is 3.92. The van der Waals surface area contributed by atoms with Crippen LogP contribution in [0.3, 0.4) is 0 Å². The van der Waals surface area contributed by atoms with Crippen molar-refractivity contribution in [3.63, 3.8) is 0 Å². The van der Waals surface area contributed by atoms with E-state index in [0.717, 1.165) is 41.6 Å². The molecule has 8 heteroatoms. The molecule has 0 saturated heterocycles. The molecular formula is C23H26ClN5O2. The zero-order chi connectivity index (χ0) is 21.8. The van der Waals surface area contributed by atoms with E-state index >= 15 is 0 Å². The predicted molar refractivity (Wildman–Crippen MR) is 118 cm³/mol. The predicted octanol–water partition coefficient (Wildman–Crippen LogP) is 2.87. The minimum Gasteiger partial charge on any atom is -0.383 e. The Morgan fingerprint density at radius 2 is 2.06 bits per heavy atom. The van der Waals surface area contributed by atoms with Gasteiger partial charge in [0.15, 0.2) is 0 Å². The van der Waals surface area contributed by atoms with Gasteiger partial charge in [0, 0.05) is 25.9 Å². The second kappa shape index (κ2) is 9.16. The Labute approximate surface area is 186 Å². The zero-order valence-electron chi connectivity index (χ0n) is 17.6. The van der Waals surface area contributed by atoms with Crippen molar-refractivity contribution in [2.24, 2.45) is 5.73 Å². The van der Waals surface area contributed by atoms with Crippen molar-refractivity contribution >= 4 is 17.5 Å². The van der Waals surface area contributed by atoms with Crippen molar-refractivity contribution in [1.82, 2.24) is 19.7 Å². The highest BCUT2D eigenvalue weighted by Crippen LogP contribution is 2.49. The van der Waals surface area contributed by atoms with Crippen LogP contribution in [0.4, 0.5) is 0 Å². The Morgan fingerprint density at radius 3 is 2.81 bits per heavy atom. The normalized spacial score (nSPS) is 14.5. The van der Waals surface area contributed by atoms with Gasteiger partial charge < -0.3 is 10.5 Å². The molecule has 0 bridgehead atoms. The van der Waals surface area contributed by atoms with E-state index in [1.807, 2.05) is 35.3 Å². The fraction of sp³-hybridized carbons (Fsp3) is 0.391. The van der Waals surface area contributed by atoms with Gasteiger partial charge in [-0.3, -0.25) is 9.48 Å². The molecule has 2 N–H and O–H groups in total. The van der Waals surface area contributed by atoms with Crippen molar-refractivity contribution in [3.8, 4) is 0 Å². The molecule has 1 fully saturated rings. The summed E-state index contributed by atoms with van der Waals surface area (Å²) in [6, 6.07) is 8.03. The number of primary amides is 1. The third-order valence-corrected chi connectivity index (χ3v) is 6.14. The van der Waals surface area contributed by atoms with Crippen LogP contribution in [0, 0.1) is 0 Å². The monoisotopic (exact) mass is 439 g/mol. The number of halogens is 1. The number of benzene rings is 1. The minimum atomic E-state index is -0.500. The number of hydrogen-bond donors (Lipinski definition) is 1. The van der Waals surface area contributed by atoms with Gasteiger partial charge in [0.05, 0.1) is 35.5 Å². The summed E-state index contributed by atoms with van der Waals surface area (Å²) in [6.07, 6.45) is 9.06. The highest BCUT2D eigenvalue weighted by Gasteiger charge is 2.50. The molecule has 7 nitrogen and oxygen atoms in total. The smallest absolute Gasteiger partial charge is 0.228 e. The van der Waals surface area contributed by atoms with Crippen LogP contribution in [0.25, 0.3) is 0 Å². The minimum absolute atomic E-state index is 0.242. The van der Waals surface area contributed by atoms with Gasteiger partial charge in [-0.1, -0.05) is 35.9 Å². The lowest BCUT2D eigenvalue weighted by atomic mass is 9.88. The number of ether oxygens (including phenoxy) is 1. The quantitative estimate of drug-likeness (QED) is 0.524. The topological polar surface area (TPSA) is 95.9 Å². The molecule has 1 aliphatic carbocycles. The van der Waals surface area contributed by atoms with Gasteiger partial charge in [0.2, 0.25) is 5.91 Å². The first-order valence-electron chi connectivity index (χ1n) is 10.4. The van der Waals surface area contributed by atoms with Crippen LogP contribution in [0.5, 0.6) is 0 Å². The van der Waals surface area contributed by atoms with Crippen LogP contribution in [0.2, 0.25) is 5.02 Å². The molecule has 1 amide bonds. The molecular weight excluding hydrogens is 414 g/mol. The first-order valence-corrected chi connectivity index (χ1v) is 10.8. The molecule has 0 atom stereocenters. The second-order valence-electron chi connectivity index (χ2n) is 7.97. The molecule has 4 rings (SSSR count). The largest absolute Gasteiger partial charge is 0.383 e. The third-order valence-electron chi connectivity index (χ3n) is 5.83. The first kappa shape index (κ1) is 21.5. The maximum atomic E-state index is 12.0. The van der Waals surface area contributed by atoms with Gasteiger partial charge in [0.25, 0.3) is 0 Å². The van der Waals surface area contributed by atoms with Crippen molar-refractivity contribution in [3.05, 3.63) is 76.1 Å². The van der Waals surface area contributed by atoms with E-state index in [9.17, 15) is 4.79 Å². The Balaban J connectivity index is 1.47. The lowest BCUT2D eigenvalue weighted by Gasteiger charge is -2.16. The van der Waals surface area contributed by atoms with Crippen LogP contribution in [-0.4, -0.2) is 39.4 Å². The standard InChI is InChI=1S/C23H26ClN5O2/c1-31-11-10-29-15-16(13-27-29)12-21-26-14-19(24)20(28-21)7-6-17-4-2-3-5-18(17)23(8-9-23)22(25)30/h2-5,13-15H,6-12H2,1H3,(H2,25,30). The Morgan fingerprint density at radius 1 is 1.26 bits per heavy atom. The highest BCUT2D eigenvalue weighted by molar-refractivity contribution is 6.31. The summed E-state index contributed by atoms with van der Waals surface area (Å²) < 4.78 is 6.93. The first-order chi connectivity index (χ1) is 15.0. The van der Waals surface area contributed by atoms with Gasteiger partial charge in [0.1, 0.15) is 5.82 Å². The van der Waals surface area contributed by atoms with E-state index in [0.29, 0.717) is 36.8 Å². The number of aryl methyl sites for hydroxylation is 2. The average Bonchev–Trinajstić information content (AvgIpc) is 3.47. The molecule has 2 aromatic heterocycles. The molecule has 0 aliphatic heterocycles. The van der Waals surface area contributed by atoms with Gasteiger partial charge in [-0.25, -0.2) is 9.97 Å². The van der Waals surface area contributed by atoms with Crippen LogP contribution in [0.15, 0.2) is 42.9 Å². The van der Waals surface area contributed by atoms with Crippen LogP contribution in [-0.2, 0) is 40.8 Å². The molecule has 0 radical (unpaired) electrons. The lowest BCUT2D eigenvalue weighted by molar-refractivity contribution is -0.120. The number of aromatic nitrogens is 4. The number of rotatable bonds is 10. The second-order valence-corrected chi connectivity index (χ2v) is 8.37. The van der Waals surface area contributed by atoms with E-state index in [1.165, 1.54) is 0 Å². The molecule has 0 spiro atoms. The summed E-state index contributed by atoms with van der Waals surface area (Å²) in [5, 5.41) is 4.89. The molecule has 3 aromatic rings. The Kier molecular flexibility index (Phi) is 6.34. The molecule has 162 valence electrons. The van der Waals surface area contributed by atoms with Crippen molar-refractivity contribution in [2.75, 3.05) is 13.7 Å². The number of methoxy groups -OCH3 is 1. The number of nitrogens with two attached hydrogens (primary N) is 1. The van der Waals surface area contributed by atoms with Gasteiger partial charge in [-0.15, -0.1) is 0 Å². The van der Waals surface area contributed by atoms with E-state index < -0.39 is 5.41 Å². The number of hydrogen-bond acceptors (Lipinski definition) is 5. The Hall–Kier alpha value is -2.77. The van der Waals surface area contributed by atoms with Crippen LogP contribution >= 0.6 is 11.6 Å². The van der Waals surface area contributed by atoms with Crippen molar-refractivity contribution in [1.29, 1.82) is 0 Å². The summed E-state index contributed by atoms with van der Waals surface area (Å²) in [7, 11) is 1.67. The maximum absolute atomic E-state index is 12.0. The van der Waals surface area contributed by atoms with Gasteiger partial charge in [-0.05, 0) is 42.4 Å². The highest BCUT2D eigenvalue weighted by atomic mass is 35.5. The lowest BCUT2D eigenvalue weighted by Crippen LogP contribution is -2.29. The number of amides is 1. The Bertz CT molecular complexity index is 1080. The van der Waals surface area contributed by atoms with Crippen molar-refractivity contribution < 1.29 is 9.53 Å². The molecule has 0 unspecified atom stereocenters. The summed E-state index contributed by atoms with van der Waals surface area (Å²) in [4.78, 5) is 21.1. The summed E-state index contributed by atoms with van der Waals surface area (Å²) >= 11 is 6.39. The van der Waals surface area contributed by atoms with E-state index in [1.54, 1.807) is 13.3 Å². The SMILES string of the molecule is COCCn1cc(Cc2ncc(Cl)c(CCc3ccccc3C3(C(N)=O)CC3)n2)cn1. The maximum Gasteiger partial charge on any atom is 0.228 e. The summed E-state index contributed by atoms with van der Waals surface area (Å²) in [5.74, 6) is 0.461. The fourth-order valence-corrected chi connectivity index (χ4v) is 4.11. The van der Waals surface area contributed by atoms with Gasteiger partial charge >= 0.3 is 0 Å². The number of nitrogens with zero attached hydrogens (tertiary/aromatic N) is 4. The molecule has 31 heavy (non-hydrogen) atoms. The molecule has 1 aromatic carbocycles. The molecule has 2 heterocycles. The number of carbonyl (C=O) groups excluding carboxylic acids is 1. The molecule has 1 saturated carbocycles. The summed E-state index contributed by atoms with van der Waals surface area (Å²) in [6.45, 7) is 1.32. The van der Waals surface area contributed by atoms with E-state index in [-0.39, 0.29) is 5.91 Å². The van der Waals surface area contributed by atoms with E-state index in [4.69, 9.17) is 27.1 Å². The zero-order valence-corrected chi connectivity index (χ0v) is 18.3. The van der Waals surface area contributed by atoms with Crippen LogP contribution < -0.4 is 5.73 Å². The van der Waals surface area contributed by atoms with Crippen LogP contribution in [0.1, 0.15) is 41.1 Å². The van der Waals surface area contributed by atoms with E-state index in [2.05, 4.69) is 16.1 Å². The van der Waals surface area contributed by atoms with Crippen molar-refractivity contribution in [2.45, 2.75) is 44.1 Å². The number of carbonyl (C=O) groups is 1. The summed E-state index contributed by atoms with van der Waals surface area (Å²) in [5.41, 5.74) is 9.19. The molecule has 1 aliphatic rings.